The molecule has 0 spiro atoms. The third kappa shape index (κ3) is 4.45. The fourth-order valence-electron chi connectivity index (χ4n) is 2.35. The lowest BCUT2D eigenvalue weighted by Gasteiger charge is -2.16. The number of methoxy groups -OCH3 is 2. The van der Waals surface area contributed by atoms with Crippen LogP contribution in [0.3, 0.4) is 0 Å². The second kappa shape index (κ2) is 8.57. The number of anilines is 1. The third-order valence-electron chi connectivity index (χ3n) is 3.75. The molecule has 0 aliphatic heterocycles. The van der Waals surface area contributed by atoms with Gasteiger partial charge < -0.3 is 19.9 Å². The van der Waals surface area contributed by atoms with Crippen LogP contribution in [0.1, 0.15) is 24.5 Å². The van der Waals surface area contributed by atoms with Gasteiger partial charge in [0.15, 0.2) is 17.5 Å². The molecule has 0 aliphatic carbocycles. The zero-order chi connectivity index (χ0) is 19.3. The van der Waals surface area contributed by atoms with E-state index in [0.29, 0.717) is 23.1 Å². The summed E-state index contributed by atoms with van der Waals surface area (Å²) in [6.07, 6.45) is -1.18. The van der Waals surface area contributed by atoms with E-state index in [4.69, 9.17) is 9.47 Å². The van der Waals surface area contributed by atoms with Gasteiger partial charge in [-0.15, -0.1) is 0 Å². The van der Waals surface area contributed by atoms with Crippen molar-refractivity contribution >= 4 is 11.6 Å². The van der Waals surface area contributed by atoms with Gasteiger partial charge in [0.2, 0.25) is 5.91 Å². The first-order valence-electron chi connectivity index (χ1n) is 7.70. The molecule has 2 aromatic rings. The van der Waals surface area contributed by atoms with Gasteiger partial charge in [-0.1, -0.05) is 0 Å². The van der Waals surface area contributed by atoms with E-state index in [9.17, 15) is 23.1 Å². The summed E-state index contributed by atoms with van der Waals surface area (Å²) in [5, 5.41) is 12.4. The maximum Gasteiger partial charge on any atom is 0.224 e. The Morgan fingerprint density at radius 1 is 1.12 bits per heavy atom. The van der Waals surface area contributed by atoms with Gasteiger partial charge in [0.05, 0.1) is 26.0 Å². The molecule has 1 amide bonds. The number of benzene rings is 2. The molecule has 5 nitrogen and oxygen atoms in total. The lowest BCUT2D eigenvalue weighted by Crippen LogP contribution is -2.15. The van der Waals surface area contributed by atoms with Crippen LogP contribution in [-0.4, -0.2) is 25.2 Å². The average molecular weight is 369 g/mol. The summed E-state index contributed by atoms with van der Waals surface area (Å²) in [6.45, 7) is 0. The maximum absolute atomic E-state index is 13.5. The van der Waals surface area contributed by atoms with Crippen LogP contribution in [0.4, 0.5) is 18.9 Å². The van der Waals surface area contributed by atoms with Gasteiger partial charge in [-0.3, -0.25) is 4.79 Å². The number of aliphatic hydroxyl groups excluding tert-OH is 1. The molecule has 0 saturated heterocycles. The predicted molar refractivity (Wildman–Crippen MR) is 88.7 cm³/mol. The van der Waals surface area contributed by atoms with Crippen LogP contribution in [-0.2, 0) is 4.79 Å². The molecule has 140 valence electrons. The van der Waals surface area contributed by atoms with Crippen LogP contribution < -0.4 is 14.8 Å². The highest BCUT2D eigenvalue weighted by Crippen LogP contribution is 2.31. The molecule has 2 aromatic carbocycles. The van der Waals surface area contributed by atoms with E-state index in [-0.39, 0.29) is 12.8 Å². The second-order valence-corrected chi connectivity index (χ2v) is 5.43. The number of amides is 1. The summed E-state index contributed by atoms with van der Waals surface area (Å²) in [7, 11) is 2.93. The van der Waals surface area contributed by atoms with Crippen LogP contribution in [0.25, 0.3) is 0 Å². The molecule has 2 N–H and O–H groups in total. The molecular formula is C18H18F3NO4. The van der Waals surface area contributed by atoms with Gasteiger partial charge in [0.1, 0.15) is 11.5 Å². The number of carbonyl (C=O) groups is 1. The van der Waals surface area contributed by atoms with E-state index >= 15 is 0 Å². The smallest absolute Gasteiger partial charge is 0.224 e. The Kier molecular flexibility index (Phi) is 6.46. The summed E-state index contributed by atoms with van der Waals surface area (Å²) < 4.78 is 49.8. The van der Waals surface area contributed by atoms with Crippen molar-refractivity contribution in [2.75, 3.05) is 19.5 Å². The first kappa shape index (κ1) is 19.6. The Hall–Kier alpha value is -2.74. The van der Waals surface area contributed by atoms with Crippen LogP contribution in [0.2, 0.25) is 0 Å². The minimum absolute atomic E-state index is 0.0137. The van der Waals surface area contributed by atoms with E-state index in [1.807, 2.05) is 0 Å². The highest BCUT2D eigenvalue weighted by molar-refractivity contribution is 5.90. The largest absolute Gasteiger partial charge is 0.497 e. The SMILES string of the molecule is COc1ccc(C(O)CCC(=O)Nc2ccc(F)c(F)c2F)c(OC)c1. The molecule has 1 atom stereocenters. The molecule has 0 radical (unpaired) electrons. The van der Waals surface area contributed by atoms with Gasteiger partial charge in [-0.05, 0) is 30.7 Å². The van der Waals surface area contributed by atoms with Crippen molar-refractivity contribution in [2.45, 2.75) is 18.9 Å². The highest BCUT2D eigenvalue weighted by Gasteiger charge is 2.18. The lowest BCUT2D eigenvalue weighted by molar-refractivity contribution is -0.116. The standard InChI is InChI=1S/C18H18F3NO4/c1-25-10-3-4-11(15(9-10)26-2)14(23)7-8-16(24)22-13-6-5-12(19)17(20)18(13)21/h3-6,9,14,23H,7-8H2,1-2H3,(H,22,24). The van der Waals surface area contributed by atoms with Crippen molar-refractivity contribution in [3.05, 3.63) is 53.3 Å². The highest BCUT2D eigenvalue weighted by atomic mass is 19.2. The van der Waals surface area contributed by atoms with E-state index in [0.717, 1.165) is 6.07 Å². The Morgan fingerprint density at radius 2 is 1.85 bits per heavy atom. The monoisotopic (exact) mass is 369 g/mol. The quantitative estimate of drug-likeness (QED) is 0.732. The molecule has 0 fully saturated rings. The van der Waals surface area contributed by atoms with E-state index in [2.05, 4.69) is 5.32 Å². The number of halogens is 3. The fraction of sp³-hybridized carbons (Fsp3) is 0.278. The zero-order valence-electron chi connectivity index (χ0n) is 14.2. The fourth-order valence-corrected chi connectivity index (χ4v) is 2.35. The zero-order valence-corrected chi connectivity index (χ0v) is 14.2. The average Bonchev–Trinajstić information content (AvgIpc) is 2.65. The van der Waals surface area contributed by atoms with Crippen molar-refractivity contribution in [2.24, 2.45) is 0 Å². The first-order chi connectivity index (χ1) is 12.4. The van der Waals surface area contributed by atoms with Crippen LogP contribution in [0, 0.1) is 17.5 Å². The predicted octanol–water partition coefficient (Wildman–Crippen LogP) is 3.57. The summed E-state index contributed by atoms with van der Waals surface area (Å²) in [4.78, 5) is 11.9. The molecule has 0 aliphatic rings. The Bertz CT molecular complexity index is 798. The topological polar surface area (TPSA) is 67.8 Å². The maximum atomic E-state index is 13.5. The van der Waals surface area contributed by atoms with Crippen molar-refractivity contribution in [1.82, 2.24) is 0 Å². The molecule has 1 unspecified atom stereocenters. The lowest BCUT2D eigenvalue weighted by atomic mass is 10.0. The van der Waals surface area contributed by atoms with Gasteiger partial charge in [0.25, 0.3) is 0 Å². The number of aliphatic hydroxyl groups is 1. The Labute approximate surface area is 148 Å². The molecule has 8 heteroatoms. The number of hydrogen-bond acceptors (Lipinski definition) is 4. The normalized spacial score (nSPS) is 11.8. The summed E-state index contributed by atoms with van der Waals surface area (Å²) in [5.74, 6) is -4.20. The number of hydrogen-bond donors (Lipinski definition) is 2. The minimum atomic E-state index is -1.66. The van der Waals surface area contributed by atoms with Gasteiger partial charge in [-0.25, -0.2) is 13.2 Å². The van der Waals surface area contributed by atoms with Gasteiger partial charge in [-0.2, -0.15) is 0 Å². The molecule has 26 heavy (non-hydrogen) atoms. The van der Waals surface area contributed by atoms with Crippen LogP contribution in [0.5, 0.6) is 11.5 Å². The van der Waals surface area contributed by atoms with Crippen LogP contribution in [0.15, 0.2) is 30.3 Å². The molecule has 0 aromatic heterocycles. The summed E-state index contributed by atoms with van der Waals surface area (Å²) in [5.41, 5.74) is -0.00877. The van der Waals surface area contributed by atoms with Crippen molar-refractivity contribution < 1.29 is 32.5 Å². The van der Waals surface area contributed by atoms with Crippen molar-refractivity contribution in [1.29, 1.82) is 0 Å². The van der Waals surface area contributed by atoms with Crippen molar-refractivity contribution in [3.8, 4) is 11.5 Å². The Morgan fingerprint density at radius 3 is 2.50 bits per heavy atom. The van der Waals surface area contributed by atoms with Gasteiger partial charge in [0, 0.05) is 18.1 Å². The van der Waals surface area contributed by atoms with E-state index in [1.165, 1.54) is 14.2 Å². The molecular weight excluding hydrogens is 351 g/mol. The molecule has 0 heterocycles. The number of rotatable bonds is 7. The number of carbonyl (C=O) groups excluding carboxylic acids is 1. The molecule has 0 saturated carbocycles. The summed E-state index contributed by atoms with van der Waals surface area (Å²) in [6, 6.07) is 6.47. The second-order valence-electron chi connectivity index (χ2n) is 5.43. The van der Waals surface area contributed by atoms with E-state index < -0.39 is 35.2 Å². The minimum Gasteiger partial charge on any atom is -0.497 e. The van der Waals surface area contributed by atoms with Crippen molar-refractivity contribution in [3.63, 3.8) is 0 Å². The van der Waals surface area contributed by atoms with Crippen LogP contribution >= 0.6 is 0 Å². The number of nitrogens with one attached hydrogen (secondary N) is 1. The third-order valence-corrected chi connectivity index (χ3v) is 3.75. The van der Waals surface area contributed by atoms with E-state index in [1.54, 1.807) is 18.2 Å². The number of ether oxygens (including phenoxy) is 2. The molecule has 0 bridgehead atoms. The summed E-state index contributed by atoms with van der Waals surface area (Å²) >= 11 is 0. The van der Waals surface area contributed by atoms with Gasteiger partial charge >= 0.3 is 0 Å². The first-order valence-corrected chi connectivity index (χ1v) is 7.70. The Balaban J connectivity index is 2.00. The molecule has 2 rings (SSSR count).